The van der Waals surface area contributed by atoms with Crippen molar-refractivity contribution in [2.24, 2.45) is 5.41 Å². The van der Waals surface area contributed by atoms with Gasteiger partial charge in [-0.3, -0.25) is 5.73 Å². The zero-order chi connectivity index (χ0) is 7.62. The third kappa shape index (κ3) is 0.523. The van der Waals surface area contributed by atoms with Crippen LogP contribution in [0, 0.1) is 5.41 Å². The minimum absolute atomic E-state index is 0.125. The van der Waals surface area contributed by atoms with E-state index in [0.717, 1.165) is 19.3 Å². The summed E-state index contributed by atoms with van der Waals surface area (Å²) in [6.45, 7) is 3.73. The van der Waals surface area contributed by atoms with Crippen molar-refractivity contribution in [1.82, 2.24) is 5.73 Å². The highest BCUT2D eigenvalue weighted by Gasteiger charge is 2.71. The zero-order valence-electron chi connectivity index (χ0n) is 6.57. The summed E-state index contributed by atoms with van der Waals surface area (Å²) >= 11 is 0. The molecule has 3 fully saturated rings. The van der Waals surface area contributed by atoms with E-state index in [1.165, 1.54) is 0 Å². The Morgan fingerprint density at radius 1 is 1.30 bits per heavy atom. The summed E-state index contributed by atoms with van der Waals surface area (Å²) in [7, 11) is 0. The van der Waals surface area contributed by atoms with Gasteiger partial charge in [-0.2, -0.15) is 0 Å². The Bertz CT molecular complexity index is 160. The third-order valence-corrected chi connectivity index (χ3v) is 3.33. The van der Waals surface area contributed by atoms with Crippen LogP contribution >= 0.6 is 0 Å². The molecule has 2 nitrogen and oxygen atoms in total. The first-order valence-electron chi connectivity index (χ1n) is 3.84. The molecule has 0 aliphatic heterocycles. The summed E-state index contributed by atoms with van der Waals surface area (Å²) in [5.74, 6) is 0. The maximum absolute atomic E-state index is 9.67. The average molecular weight is 140 g/mol. The van der Waals surface area contributed by atoms with Crippen LogP contribution in [0.15, 0.2) is 0 Å². The van der Waals surface area contributed by atoms with E-state index in [-0.39, 0.29) is 11.0 Å². The highest BCUT2D eigenvalue weighted by molar-refractivity contribution is 5.25. The Hall–Kier alpha value is -0.0800. The van der Waals surface area contributed by atoms with Gasteiger partial charge in [-0.15, -0.1) is 0 Å². The van der Waals surface area contributed by atoms with Crippen LogP contribution in [0.4, 0.5) is 0 Å². The van der Waals surface area contributed by atoms with E-state index >= 15 is 0 Å². The van der Waals surface area contributed by atoms with Gasteiger partial charge in [0.2, 0.25) is 0 Å². The van der Waals surface area contributed by atoms with Crippen LogP contribution in [0.1, 0.15) is 33.1 Å². The van der Waals surface area contributed by atoms with Crippen LogP contribution in [0.25, 0.3) is 0 Å². The summed E-state index contributed by atoms with van der Waals surface area (Å²) in [6.07, 6.45) is 2.76. The molecular weight excluding hydrogens is 126 g/mol. The lowest BCUT2D eigenvalue weighted by Crippen LogP contribution is -2.74. The van der Waals surface area contributed by atoms with Gasteiger partial charge in [0.1, 0.15) is 0 Å². The van der Waals surface area contributed by atoms with Gasteiger partial charge in [0.15, 0.2) is 0 Å². The van der Waals surface area contributed by atoms with Crippen molar-refractivity contribution in [2.45, 2.75) is 44.2 Å². The minimum Gasteiger partial charge on any atom is -0.390 e. The van der Waals surface area contributed by atoms with E-state index < -0.39 is 5.60 Å². The predicted molar refractivity (Wildman–Crippen MR) is 38.4 cm³/mol. The fourth-order valence-corrected chi connectivity index (χ4v) is 2.44. The number of rotatable bonds is 1. The van der Waals surface area contributed by atoms with Crippen LogP contribution in [0.5, 0.6) is 0 Å². The largest absolute Gasteiger partial charge is 0.390 e. The molecule has 0 atom stereocenters. The van der Waals surface area contributed by atoms with E-state index in [4.69, 9.17) is 5.73 Å². The molecule has 57 valence electrons. The summed E-state index contributed by atoms with van der Waals surface area (Å²) < 4.78 is 0. The lowest BCUT2D eigenvalue weighted by atomic mass is 9.35. The summed E-state index contributed by atoms with van der Waals surface area (Å²) in [5, 5.41) is 9.67. The number of hydrogen-bond acceptors (Lipinski definition) is 1. The molecule has 2 heteroatoms. The van der Waals surface area contributed by atoms with Crippen LogP contribution < -0.4 is 5.73 Å². The van der Waals surface area contributed by atoms with Gasteiger partial charge >= 0.3 is 0 Å². The average Bonchev–Trinajstić information content (AvgIpc) is 1.51. The fourth-order valence-electron chi connectivity index (χ4n) is 2.44. The van der Waals surface area contributed by atoms with Gasteiger partial charge in [0.05, 0.1) is 5.60 Å². The van der Waals surface area contributed by atoms with Gasteiger partial charge in [-0.25, -0.2) is 0 Å². The van der Waals surface area contributed by atoms with E-state index in [9.17, 15) is 5.11 Å². The normalized spacial score (nSPS) is 51.6. The second kappa shape index (κ2) is 1.28. The standard InChI is InChI=1S/C8H14NO/c1-6(2,10)7-3-8(9,4-7)5-7/h9-10H,3-5H2,1-2H3. The Morgan fingerprint density at radius 2 is 1.70 bits per heavy atom. The highest BCUT2D eigenvalue weighted by atomic mass is 16.3. The van der Waals surface area contributed by atoms with E-state index in [1.807, 2.05) is 13.8 Å². The van der Waals surface area contributed by atoms with E-state index in [1.54, 1.807) is 0 Å². The number of aliphatic hydroxyl groups is 1. The van der Waals surface area contributed by atoms with Gasteiger partial charge < -0.3 is 5.11 Å². The molecule has 2 N–H and O–H groups in total. The highest BCUT2D eigenvalue weighted by Crippen LogP contribution is 2.71. The van der Waals surface area contributed by atoms with Gasteiger partial charge in [-0.1, -0.05) is 0 Å². The first kappa shape index (κ1) is 6.62. The summed E-state index contributed by atoms with van der Waals surface area (Å²) in [4.78, 5) is 0. The first-order chi connectivity index (χ1) is 4.37. The van der Waals surface area contributed by atoms with Gasteiger partial charge in [0.25, 0.3) is 0 Å². The number of hydrogen-bond donors (Lipinski definition) is 1. The minimum atomic E-state index is -0.546. The summed E-state index contributed by atoms with van der Waals surface area (Å²) in [5.41, 5.74) is 7.09. The van der Waals surface area contributed by atoms with Crippen molar-refractivity contribution in [3.63, 3.8) is 0 Å². The van der Waals surface area contributed by atoms with Crippen LogP contribution in [0.3, 0.4) is 0 Å². The molecule has 0 amide bonds. The van der Waals surface area contributed by atoms with Crippen molar-refractivity contribution in [1.29, 1.82) is 0 Å². The maximum atomic E-state index is 9.67. The molecular formula is C8H14NO. The monoisotopic (exact) mass is 140 g/mol. The molecule has 0 heterocycles. The smallest absolute Gasteiger partial charge is 0.0649 e. The molecule has 1 radical (unpaired) electrons. The van der Waals surface area contributed by atoms with Crippen molar-refractivity contribution in [3.05, 3.63) is 0 Å². The fraction of sp³-hybridized carbons (Fsp3) is 1.00. The van der Waals surface area contributed by atoms with Gasteiger partial charge in [-0.05, 0) is 33.1 Å². The summed E-state index contributed by atoms with van der Waals surface area (Å²) in [6, 6.07) is 0. The van der Waals surface area contributed by atoms with Crippen molar-refractivity contribution >= 4 is 0 Å². The lowest BCUT2D eigenvalue weighted by Gasteiger charge is -2.72. The van der Waals surface area contributed by atoms with Gasteiger partial charge in [0, 0.05) is 11.0 Å². The Morgan fingerprint density at radius 3 is 1.80 bits per heavy atom. The Kier molecular flexibility index (Phi) is 0.846. The Labute approximate surface area is 61.4 Å². The molecule has 3 aliphatic rings. The molecule has 0 unspecified atom stereocenters. The molecule has 0 aromatic carbocycles. The molecule has 0 spiro atoms. The molecule has 0 saturated heterocycles. The molecule has 3 aliphatic carbocycles. The van der Waals surface area contributed by atoms with E-state index in [2.05, 4.69) is 0 Å². The molecule has 3 saturated carbocycles. The molecule has 0 aromatic heterocycles. The molecule has 3 rings (SSSR count). The number of nitrogens with one attached hydrogen (secondary N) is 1. The van der Waals surface area contributed by atoms with E-state index in [0.29, 0.717) is 0 Å². The second-order valence-corrected chi connectivity index (χ2v) is 4.65. The second-order valence-electron chi connectivity index (χ2n) is 4.65. The molecule has 2 bridgehead atoms. The van der Waals surface area contributed by atoms with Crippen LogP contribution in [-0.4, -0.2) is 16.2 Å². The lowest BCUT2D eigenvalue weighted by molar-refractivity contribution is -0.241. The van der Waals surface area contributed by atoms with Crippen molar-refractivity contribution in [3.8, 4) is 0 Å². The molecule has 10 heavy (non-hydrogen) atoms. The van der Waals surface area contributed by atoms with Crippen LogP contribution in [-0.2, 0) is 0 Å². The SMILES string of the molecule is CC(C)(O)C12CC([NH])(C1)C2. The predicted octanol–water partition coefficient (Wildman–Crippen LogP) is 0.963. The molecule has 0 aromatic rings. The first-order valence-corrected chi connectivity index (χ1v) is 3.84. The quantitative estimate of drug-likeness (QED) is 0.579. The zero-order valence-corrected chi connectivity index (χ0v) is 6.57. The maximum Gasteiger partial charge on any atom is 0.0649 e. The van der Waals surface area contributed by atoms with Crippen molar-refractivity contribution in [2.75, 3.05) is 0 Å². The topological polar surface area (TPSA) is 44.0 Å². The third-order valence-electron chi connectivity index (χ3n) is 3.33. The van der Waals surface area contributed by atoms with Crippen molar-refractivity contribution < 1.29 is 5.11 Å². The van der Waals surface area contributed by atoms with Crippen LogP contribution in [0.2, 0.25) is 0 Å². The Balaban J connectivity index is 2.11.